The highest BCUT2D eigenvalue weighted by atomic mass is 15.1. The molecule has 1 nitrogen and oxygen atoms in total. The minimum atomic E-state index is -0.326. The van der Waals surface area contributed by atoms with Crippen molar-refractivity contribution in [3.63, 3.8) is 0 Å². The van der Waals surface area contributed by atoms with Crippen molar-refractivity contribution in [2.24, 2.45) is 0 Å². The normalized spacial score (nSPS) is 16.1. The quantitative estimate of drug-likeness (QED) is 0.154. The van der Waals surface area contributed by atoms with Crippen LogP contribution in [0.2, 0.25) is 0 Å². The van der Waals surface area contributed by atoms with Crippen LogP contribution in [0, 0.1) is 12.1 Å². The number of fused-ring (bicyclic) bond motifs is 9. The highest BCUT2D eigenvalue weighted by molar-refractivity contribution is 6.00. The van der Waals surface area contributed by atoms with E-state index < -0.39 is 0 Å². The summed E-state index contributed by atoms with van der Waals surface area (Å²) in [6.45, 7) is 11.8. The maximum atomic E-state index is 3.72. The minimum Gasteiger partial charge on any atom is -0.309 e. The highest BCUT2D eigenvalue weighted by Gasteiger charge is 2.42. The molecule has 0 radical (unpaired) electrons. The molecule has 1 atom stereocenters. The standard InChI is InChI=1S/C68H51N/c1-66(2)57-31-14-9-27-51(57)56-42-45(38-40-59(56)66)44-21-19-24-48(41-44)69(64-36-18-13-28-53(64)54-30-20-34-61-65(54)55-29-11-15-32-58(55)67(61,3)4)63-35-17-12-25-49(63)46-37-39-52-50-26-10-16-33-60(50)68(5,62(52)43-46)47-22-7-6-8-23-47/h6-12,14-27,29-43H,1-5H3. The van der Waals surface area contributed by atoms with Crippen molar-refractivity contribution >= 4 is 17.1 Å². The Hall–Kier alpha value is -8.18. The molecule has 13 rings (SSSR count). The third-order valence-electron chi connectivity index (χ3n) is 16.0. The van der Waals surface area contributed by atoms with Crippen LogP contribution < -0.4 is 4.90 Å². The second kappa shape index (κ2) is 15.2. The molecule has 1 unspecified atom stereocenters. The molecule has 10 aromatic carbocycles. The third kappa shape index (κ3) is 5.98. The maximum absolute atomic E-state index is 3.72. The summed E-state index contributed by atoms with van der Waals surface area (Å²) in [5.74, 6) is 0. The molecular weight excluding hydrogens is 831 g/mol. The van der Waals surface area contributed by atoms with Gasteiger partial charge in [0.1, 0.15) is 0 Å². The number of nitrogens with zero attached hydrogens (tertiary/aromatic N) is 1. The van der Waals surface area contributed by atoms with Crippen LogP contribution in [0.25, 0.3) is 66.8 Å². The van der Waals surface area contributed by atoms with Crippen LogP contribution in [0.15, 0.2) is 218 Å². The summed E-state index contributed by atoms with van der Waals surface area (Å²) < 4.78 is 0. The molecule has 3 aliphatic rings. The van der Waals surface area contributed by atoms with Crippen molar-refractivity contribution in [1.29, 1.82) is 0 Å². The van der Waals surface area contributed by atoms with Crippen LogP contribution in [0.1, 0.15) is 73.6 Å². The van der Waals surface area contributed by atoms with Gasteiger partial charge < -0.3 is 4.90 Å². The molecule has 328 valence electrons. The average molecular weight is 882 g/mol. The van der Waals surface area contributed by atoms with Crippen LogP contribution in [-0.2, 0) is 16.2 Å². The van der Waals surface area contributed by atoms with E-state index in [1.165, 1.54) is 83.5 Å². The molecule has 10 aromatic rings. The zero-order valence-corrected chi connectivity index (χ0v) is 39.7. The lowest BCUT2D eigenvalue weighted by Crippen LogP contribution is -2.22. The van der Waals surface area contributed by atoms with Gasteiger partial charge in [0.25, 0.3) is 0 Å². The second-order valence-electron chi connectivity index (χ2n) is 20.4. The first kappa shape index (κ1) is 41.0. The van der Waals surface area contributed by atoms with Crippen LogP contribution in [0.5, 0.6) is 0 Å². The Morgan fingerprint density at radius 2 is 0.913 bits per heavy atom. The lowest BCUT2D eigenvalue weighted by molar-refractivity contribution is 0.660. The topological polar surface area (TPSA) is 3.24 Å². The fourth-order valence-electron chi connectivity index (χ4n) is 12.5. The van der Waals surface area contributed by atoms with Gasteiger partial charge in [-0.3, -0.25) is 0 Å². The maximum Gasteiger partial charge on any atom is 0.0631 e. The summed E-state index contributed by atoms with van der Waals surface area (Å²) in [6, 6.07) is 88.4. The molecule has 0 aromatic heterocycles. The van der Waals surface area contributed by atoms with Crippen LogP contribution in [0.4, 0.5) is 17.1 Å². The predicted molar refractivity (Wildman–Crippen MR) is 288 cm³/mol. The Morgan fingerprint density at radius 3 is 1.71 bits per heavy atom. The molecule has 0 bridgehead atoms. The van der Waals surface area contributed by atoms with E-state index in [0.29, 0.717) is 0 Å². The second-order valence-corrected chi connectivity index (χ2v) is 20.4. The molecule has 0 heterocycles. The van der Waals surface area contributed by atoms with Crippen molar-refractivity contribution in [3.8, 4) is 66.8 Å². The summed E-state index contributed by atoms with van der Waals surface area (Å²) in [5.41, 5.74) is 26.7. The zero-order chi connectivity index (χ0) is 46.6. The van der Waals surface area contributed by atoms with E-state index in [9.17, 15) is 0 Å². The largest absolute Gasteiger partial charge is 0.309 e. The van der Waals surface area contributed by atoms with Gasteiger partial charge in [0.2, 0.25) is 0 Å². The summed E-state index contributed by atoms with van der Waals surface area (Å²) in [7, 11) is 0. The molecule has 3 aliphatic carbocycles. The van der Waals surface area contributed by atoms with Gasteiger partial charge in [-0.2, -0.15) is 0 Å². The van der Waals surface area contributed by atoms with E-state index in [-0.39, 0.29) is 16.2 Å². The van der Waals surface area contributed by atoms with Crippen molar-refractivity contribution in [2.45, 2.75) is 50.9 Å². The molecule has 0 amide bonds. The van der Waals surface area contributed by atoms with Crippen molar-refractivity contribution in [1.82, 2.24) is 0 Å². The van der Waals surface area contributed by atoms with E-state index >= 15 is 0 Å². The fourth-order valence-corrected chi connectivity index (χ4v) is 12.5. The van der Waals surface area contributed by atoms with E-state index in [2.05, 4.69) is 264 Å². The van der Waals surface area contributed by atoms with Crippen LogP contribution in [-0.4, -0.2) is 0 Å². The smallest absolute Gasteiger partial charge is 0.0631 e. The van der Waals surface area contributed by atoms with Gasteiger partial charge in [0.05, 0.1) is 16.9 Å². The van der Waals surface area contributed by atoms with Gasteiger partial charge in [-0.1, -0.05) is 216 Å². The first-order chi connectivity index (χ1) is 33.6. The molecule has 0 spiro atoms. The first-order valence-electron chi connectivity index (χ1n) is 24.3. The fraction of sp³-hybridized carbons (Fsp3) is 0.118. The zero-order valence-electron chi connectivity index (χ0n) is 39.7. The van der Waals surface area contributed by atoms with Gasteiger partial charge >= 0.3 is 0 Å². The number of rotatable bonds is 7. The Bertz CT molecular complexity index is 3700. The lowest BCUT2D eigenvalue weighted by atomic mass is 9.74. The van der Waals surface area contributed by atoms with E-state index in [4.69, 9.17) is 0 Å². The monoisotopic (exact) mass is 881 g/mol. The molecule has 1 heteroatoms. The number of benzene rings is 9. The van der Waals surface area contributed by atoms with Crippen molar-refractivity contribution in [3.05, 3.63) is 269 Å². The molecule has 0 aliphatic heterocycles. The minimum absolute atomic E-state index is 0.0593. The molecular formula is C68H51N. The van der Waals surface area contributed by atoms with Gasteiger partial charge in [-0.25, -0.2) is 0 Å². The van der Waals surface area contributed by atoms with Crippen molar-refractivity contribution in [2.75, 3.05) is 4.90 Å². The number of hydrogen-bond donors (Lipinski definition) is 0. The van der Waals surface area contributed by atoms with Gasteiger partial charge in [0, 0.05) is 33.1 Å². The van der Waals surface area contributed by atoms with Crippen LogP contribution >= 0.6 is 0 Å². The third-order valence-corrected chi connectivity index (χ3v) is 16.0. The Morgan fingerprint density at radius 1 is 0.348 bits per heavy atom. The highest BCUT2D eigenvalue weighted by Crippen LogP contribution is 2.56. The Labute approximate surface area is 407 Å². The Balaban J connectivity index is 1.03. The van der Waals surface area contributed by atoms with Crippen LogP contribution in [0.3, 0.4) is 0 Å². The Kier molecular flexibility index (Phi) is 9.02. The predicted octanol–water partition coefficient (Wildman–Crippen LogP) is 17.7. The van der Waals surface area contributed by atoms with Crippen molar-refractivity contribution < 1.29 is 0 Å². The van der Waals surface area contributed by atoms with E-state index in [1.807, 2.05) is 6.07 Å². The summed E-state index contributed by atoms with van der Waals surface area (Å²) in [6.07, 6.45) is 0. The number of hydrogen-bond acceptors (Lipinski definition) is 1. The number of para-hydroxylation sites is 1. The first-order valence-corrected chi connectivity index (χ1v) is 24.3. The van der Waals surface area contributed by atoms with Gasteiger partial charge in [-0.05, 0) is 138 Å². The summed E-state index contributed by atoms with van der Waals surface area (Å²) in [4.78, 5) is 2.48. The lowest BCUT2D eigenvalue weighted by Gasteiger charge is -2.31. The molecule has 0 fully saturated rings. The summed E-state index contributed by atoms with van der Waals surface area (Å²) in [5, 5.41) is 0. The molecule has 69 heavy (non-hydrogen) atoms. The molecule has 0 saturated carbocycles. The van der Waals surface area contributed by atoms with E-state index in [0.717, 1.165) is 39.3 Å². The molecule has 0 N–H and O–H groups in total. The average Bonchev–Trinajstić information content (AvgIpc) is 3.90. The van der Waals surface area contributed by atoms with E-state index in [1.54, 1.807) is 0 Å². The SMILES string of the molecule is CC1(C)c2ccccc2-c2cc(-c3cccc(N(c4ccc#cc4-c4cccc5c4-c4ccccc4C5(C)C)c4ccccc4-c4ccc5c(c4)C(C)(c4ccccc4)c4ccccc4-5)c3)ccc21. The summed E-state index contributed by atoms with van der Waals surface area (Å²) >= 11 is 0. The van der Waals surface area contributed by atoms with Gasteiger partial charge in [0.15, 0.2) is 0 Å². The van der Waals surface area contributed by atoms with Gasteiger partial charge in [-0.15, -0.1) is 0 Å². The number of anilines is 3. The molecule has 0 saturated heterocycles.